The molecule has 148 valence electrons. The first-order valence-corrected chi connectivity index (χ1v) is 9.78. The summed E-state index contributed by atoms with van der Waals surface area (Å²) in [4.78, 5) is 7.02. The van der Waals surface area contributed by atoms with Gasteiger partial charge in [0.15, 0.2) is 5.96 Å². The molecule has 0 unspecified atom stereocenters. The van der Waals surface area contributed by atoms with Crippen LogP contribution >= 0.6 is 0 Å². The highest BCUT2D eigenvalue weighted by Gasteiger charge is 2.05. The molecule has 1 aromatic rings. The van der Waals surface area contributed by atoms with Gasteiger partial charge in [0.1, 0.15) is 12.4 Å². The molecular weight excluding hydrogens is 328 g/mol. The second-order valence-electron chi connectivity index (χ2n) is 5.80. The Bertz CT molecular complexity index is 504. The molecular formula is C20H36N4O2. The Morgan fingerprint density at radius 1 is 1.04 bits per heavy atom. The molecule has 0 aromatic heterocycles. The maximum Gasteiger partial charge on any atom is 0.191 e. The van der Waals surface area contributed by atoms with Crippen LogP contribution in [0.5, 0.6) is 5.75 Å². The molecule has 6 nitrogen and oxygen atoms in total. The fourth-order valence-electron chi connectivity index (χ4n) is 2.49. The number of aliphatic imine (C=N–C) groups is 1. The van der Waals surface area contributed by atoms with Gasteiger partial charge in [-0.25, -0.2) is 4.99 Å². The molecule has 0 aliphatic carbocycles. The fraction of sp³-hybridized carbons (Fsp3) is 0.650. The second kappa shape index (κ2) is 14.4. The number of ether oxygens (including phenoxy) is 2. The Labute approximate surface area is 159 Å². The number of nitrogens with one attached hydrogen (secondary N) is 2. The van der Waals surface area contributed by atoms with Gasteiger partial charge >= 0.3 is 0 Å². The van der Waals surface area contributed by atoms with Crippen LogP contribution in [0, 0.1) is 0 Å². The maximum absolute atomic E-state index is 6.00. The van der Waals surface area contributed by atoms with Crippen molar-refractivity contribution in [2.24, 2.45) is 4.99 Å². The first-order chi connectivity index (χ1) is 12.7. The minimum absolute atomic E-state index is 0.575. The second-order valence-corrected chi connectivity index (χ2v) is 5.80. The summed E-state index contributed by atoms with van der Waals surface area (Å²) >= 11 is 0. The van der Waals surface area contributed by atoms with Gasteiger partial charge in [0.25, 0.3) is 0 Å². The number of hydrogen-bond acceptors (Lipinski definition) is 4. The molecule has 26 heavy (non-hydrogen) atoms. The Morgan fingerprint density at radius 2 is 1.81 bits per heavy atom. The van der Waals surface area contributed by atoms with E-state index >= 15 is 0 Å². The summed E-state index contributed by atoms with van der Waals surface area (Å²) in [5.74, 6) is 1.71. The fourth-order valence-corrected chi connectivity index (χ4v) is 2.49. The van der Waals surface area contributed by atoms with Crippen molar-refractivity contribution < 1.29 is 9.47 Å². The highest BCUT2D eigenvalue weighted by molar-refractivity contribution is 5.79. The molecule has 2 N–H and O–H groups in total. The van der Waals surface area contributed by atoms with E-state index in [0.717, 1.165) is 56.6 Å². The average molecular weight is 365 g/mol. The minimum atomic E-state index is 0.575. The molecule has 0 radical (unpaired) electrons. The van der Waals surface area contributed by atoms with E-state index < -0.39 is 0 Å². The quantitative estimate of drug-likeness (QED) is 0.320. The number of nitrogens with zero attached hydrogens (tertiary/aromatic N) is 2. The Morgan fingerprint density at radius 3 is 2.50 bits per heavy atom. The first kappa shape index (κ1) is 22.3. The van der Waals surface area contributed by atoms with Gasteiger partial charge in [0.2, 0.25) is 0 Å². The lowest BCUT2D eigenvalue weighted by Crippen LogP contribution is -2.39. The molecule has 0 saturated heterocycles. The number of benzene rings is 1. The zero-order chi connectivity index (χ0) is 19.0. The molecule has 0 saturated carbocycles. The van der Waals surface area contributed by atoms with Crippen molar-refractivity contribution >= 4 is 5.96 Å². The van der Waals surface area contributed by atoms with E-state index in [2.05, 4.69) is 47.4 Å². The standard InChI is InChI=1S/C20H36N4O2/c1-5-21-20(22-13-15-25-8-4)23-17-18-11-9-10-12-19(18)26-16-14-24(6-2)7-3/h9-12H,5-8,13-17H2,1-4H3,(H2,21,22,23). The summed E-state index contributed by atoms with van der Waals surface area (Å²) in [6.45, 7) is 15.7. The van der Waals surface area contributed by atoms with Crippen LogP contribution in [0.2, 0.25) is 0 Å². The van der Waals surface area contributed by atoms with Gasteiger partial charge in [-0.05, 0) is 33.0 Å². The van der Waals surface area contributed by atoms with Crippen LogP contribution in [0.15, 0.2) is 29.3 Å². The van der Waals surface area contributed by atoms with Crippen LogP contribution in [-0.2, 0) is 11.3 Å². The van der Waals surface area contributed by atoms with Gasteiger partial charge in [-0.1, -0.05) is 32.0 Å². The third kappa shape index (κ3) is 9.06. The van der Waals surface area contributed by atoms with Crippen molar-refractivity contribution in [3.8, 4) is 5.75 Å². The monoisotopic (exact) mass is 364 g/mol. The molecule has 0 heterocycles. The summed E-state index contributed by atoms with van der Waals surface area (Å²) in [5, 5.41) is 6.54. The lowest BCUT2D eigenvalue weighted by Gasteiger charge is -2.19. The summed E-state index contributed by atoms with van der Waals surface area (Å²) in [5.41, 5.74) is 1.09. The molecule has 0 aliphatic heterocycles. The third-order valence-electron chi connectivity index (χ3n) is 4.03. The minimum Gasteiger partial charge on any atom is -0.492 e. The van der Waals surface area contributed by atoms with Gasteiger partial charge in [-0.3, -0.25) is 0 Å². The van der Waals surface area contributed by atoms with E-state index in [4.69, 9.17) is 9.47 Å². The largest absolute Gasteiger partial charge is 0.492 e. The Hall–Kier alpha value is -1.79. The molecule has 0 fully saturated rings. The van der Waals surface area contributed by atoms with Gasteiger partial charge < -0.3 is 25.0 Å². The number of likely N-dealkylation sites (N-methyl/N-ethyl adjacent to an activating group) is 1. The zero-order valence-electron chi connectivity index (χ0n) is 16.9. The first-order valence-electron chi connectivity index (χ1n) is 9.78. The Kier molecular flexibility index (Phi) is 12.3. The summed E-state index contributed by atoms with van der Waals surface area (Å²) in [6.07, 6.45) is 0. The van der Waals surface area contributed by atoms with E-state index in [1.54, 1.807) is 0 Å². The molecule has 0 bridgehead atoms. The SMILES string of the molecule is CCNC(=NCc1ccccc1OCCN(CC)CC)NCCOCC. The number of guanidine groups is 1. The summed E-state index contributed by atoms with van der Waals surface area (Å²) in [7, 11) is 0. The maximum atomic E-state index is 6.00. The van der Waals surface area contributed by atoms with Crippen molar-refractivity contribution in [2.45, 2.75) is 34.2 Å². The van der Waals surface area contributed by atoms with Crippen molar-refractivity contribution in [1.82, 2.24) is 15.5 Å². The predicted molar refractivity (Wildman–Crippen MR) is 109 cm³/mol. The third-order valence-corrected chi connectivity index (χ3v) is 4.03. The molecule has 0 atom stereocenters. The summed E-state index contributed by atoms with van der Waals surface area (Å²) < 4.78 is 11.4. The van der Waals surface area contributed by atoms with Crippen LogP contribution in [0.1, 0.15) is 33.3 Å². The van der Waals surface area contributed by atoms with Crippen molar-refractivity contribution in [3.63, 3.8) is 0 Å². The Balaban J connectivity index is 2.60. The average Bonchev–Trinajstić information content (AvgIpc) is 2.67. The van der Waals surface area contributed by atoms with E-state index in [0.29, 0.717) is 19.8 Å². The van der Waals surface area contributed by atoms with Crippen molar-refractivity contribution in [1.29, 1.82) is 0 Å². The van der Waals surface area contributed by atoms with E-state index in [9.17, 15) is 0 Å². The highest BCUT2D eigenvalue weighted by atomic mass is 16.5. The molecule has 0 aliphatic rings. The summed E-state index contributed by atoms with van der Waals surface area (Å²) in [6, 6.07) is 8.12. The van der Waals surface area contributed by atoms with Gasteiger partial charge in [-0.2, -0.15) is 0 Å². The van der Waals surface area contributed by atoms with E-state index in [1.165, 1.54) is 0 Å². The van der Waals surface area contributed by atoms with Crippen LogP contribution < -0.4 is 15.4 Å². The van der Waals surface area contributed by atoms with E-state index in [-0.39, 0.29) is 0 Å². The zero-order valence-corrected chi connectivity index (χ0v) is 16.9. The number of hydrogen-bond donors (Lipinski definition) is 2. The smallest absolute Gasteiger partial charge is 0.191 e. The molecule has 1 rings (SSSR count). The van der Waals surface area contributed by atoms with E-state index in [1.807, 2.05) is 25.1 Å². The van der Waals surface area contributed by atoms with Crippen molar-refractivity contribution in [2.75, 3.05) is 52.5 Å². The molecule has 6 heteroatoms. The van der Waals surface area contributed by atoms with Gasteiger partial charge in [-0.15, -0.1) is 0 Å². The lowest BCUT2D eigenvalue weighted by atomic mass is 10.2. The molecule has 0 spiro atoms. The van der Waals surface area contributed by atoms with Crippen LogP contribution in [0.4, 0.5) is 0 Å². The number of rotatable bonds is 13. The van der Waals surface area contributed by atoms with Crippen LogP contribution in [-0.4, -0.2) is 63.4 Å². The molecule has 1 aromatic carbocycles. The highest BCUT2D eigenvalue weighted by Crippen LogP contribution is 2.18. The van der Waals surface area contributed by atoms with Crippen LogP contribution in [0.3, 0.4) is 0 Å². The van der Waals surface area contributed by atoms with Crippen molar-refractivity contribution in [3.05, 3.63) is 29.8 Å². The number of para-hydroxylation sites is 1. The van der Waals surface area contributed by atoms with Gasteiger partial charge in [0, 0.05) is 31.8 Å². The van der Waals surface area contributed by atoms with Gasteiger partial charge in [0.05, 0.1) is 13.2 Å². The lowest BCUT2D eigenvalue weighted by molar-refractivity contribution is 0.152. The predicted octanol–water partition coefficient (Wildman–Crippen LogP) is 2.50. The molecule has 0 amide bonds. The van der Waals surface area contributed by atoms with Crippen LogP contribution in [0.25, 0.3) is 0 Å². The normalized spacial score (nSPS) is 11.7. The topological polar surface area (TPSA) is 58.1 Å².